The summed E-state index contributed by atoms with van der Waals surface area (Å²) in [5.74, 6) is 0.712. The standard InChI is InChI=1S/C13H23N3S/c1-4-14-12-5-7-16(11(3)10(12)2)9-13-15-6-8-17-13/h6,8,10-12,14H,4-5,7,9H2,1-3H3. The topological polar surface area (TPSA) is 28.2 Å². The third kappa shape index (κ3) is 3.06. The van der Waals surface area contributed by atoms with Crippen molar-refractivity contribution < 1.29 is 0 Å². The van der Waals surface area contributed by atoms with E-state index in [0.29, 0.717) is 18.0 Å². The molecule has 1 aliphatic rings. The molecule has 1 saturated heterocycles. The monoisotopic (exact) mass is 253 g/mol. The van der Waals surface area contributed by atoms with E-state index in [9.17, 15) is 0 Å². The van der Waals surface area contributed by atoms with Gasteiger partial charge in [0.05, 0.1) is 6.54 Å². The van der Waals surface area contributed by atoms with Crippen LogP contribution in [0.4, 0.5) is 0 Å². The highest BCUT2D eigenvalue weighted by Gasteiger charge is 2.31. The largest absolute Gasteiger partial charge is 0.314 e. The molecule has 96 valence electrons. The summed E-state index contributed by atoms with van der Waals surface area (Å²) in [6.45, 7) is 10.2. The summed E-state index contributed by atoms with van der Waals surface area (Å²) in [5, 5.41) is 6.91. The van der Waals surface area contributed by atoms with Gasteiger partial charge in [-0.1, -0.05) is 13.8 Å². The third-order valence-corrected chi connectivity index (χ3v) is 4.75. The van der Waals surface area contributed by atoms with Crippen LogP contribution in [0.1, 0.15) is 32.2 Å². The quantitative estimate of drug-likeness (QED) is 0.893. The van der Waals surface area contributed by atoms with Gasteiger partial charge in [-0.2, -0.15) is 0 Å². The van der Waals surface area contributed by atoms with E-state index in [-0.39, 0.29) is 0 Å². The second-order valence-electron chi connectivity index (χ2n) is 4.95. The highest BCUT2D eigenvalue weighted by Crippen LogP contribution is 2.25. The van der Waals surface area contributed by atoms with Crippen molar-refractivity contribution in [3.05, 3.63) is 16.6 Å². The van der Waals surface area contributed by atoms with E-state index in [4.69, 9.17) is 0 Å². The molecule has 1 aromatic rings. The first-order valence-corrected chi connectivity index (χ1v) is 7.46. The fourth-order valence-electron chi connectivity index (χ4n) is 2.72. The molecule has 3 nitrogen and oxygen atoms in total. The number of rotatable bonds is 4. The van der Waals surface area contributed by atoms with Gasteiger partial charge in [0.25, 0.3) is 0 Å². The lowest BCUT2D eigenvalue weighted by Crippen LogP contribution is -2.52. The van der Waals surface area contributed by atoms with Crippen molar-refractivity contribution in [2.45, 2.75) is 45.8 Å². The number of thiazole rings is 1. The smallest absolute Gasteiger partial charge is 0.107 e. The Morgan fingerprint density at radius 3 is 3.00 bits per heavy atom. The fourth-order valence-corrected chi connectivity index (χ4v) is 3.36. The Labute approximate surface area is 108 Å². The van der Waals surface area contributed by atoms with E-state index >= 15 is 0 Å². The summed E-state index contributed by atoms with van der Waals surface area (Å²) in [7, 11) is 0. The van der Waals surface area contributed by atoms with Crippen molar-refractivity contribution in [3.63, 3.8) is 0 Å². The van der Waals surface area contributed by atoms with Gasteiger partial charge in [0, 0.05) is 30.2 Å². The molecule has 0 aliphatic carbocycles. The van der Waals surface area contributed by atoms with Crippen molar-refractivity contribution in [1.82, 2.24) is 15.2 Å². The minimum absolute atomic E-state index is 0.636. The van der Waals surface area contributed by atoms with Crippen molar-refractivity contribution in [3.8, 4) is 0 Å². The number of likely N-dealkylation sites (tertiary alicyclic amines) is 1. The maximum Gasteiger partial charge on any atom is 0.107 e. The lowest BCUT2D eigenvalue weighted by Gasteiger charge is -2.42. The van der Waals surface area contributed by atoms with Crippen LogP contribution < -0.4 is 5.32 Å². The van der Waals surface area contributed by atoms with Crippen LogP contribution in [-0.4, -0.2) is 35.1 Å². The minimum Gasteiger partial charge on any atom is -0.314 e. The number of hydrogen-bond acceptors (Lipinski definition) is 4. The Bertz CT molecular complexity index is 325. The van der Waals surface area contributed by atoms with Gasteiger partial charge in [-0.25, -0.2) is 4.98 Å². The summed E-state index contributed by atoms with van der Waals surface area (Å²) in [6, 6.07) is 1.32. The average Bonchev–Trinajstić information content (AvgIpc) is 2.82. The molecular formula is C13H23N3S. The molecule has 0 aromatic carbocycles. The summed E-state index contributed by atoms with van der Waals surface area (Å²) in [6.07, 6.45) is 3.16. The molecule has 0 bridgehead atoms. The van der Waals surface area contributed by atoms with Gasteiger partial charge in [-0.15, -0.1) is 11.3 Å². The number of nitrogens with zero attached hydrogens (tertiary/aromatic N) is 2. The molecule has 3 atom stereocenters. The summed E-state index contributed by atoms with van der Waals surface area (Å²) in [5.41, 5.74) is 0. The zero-order valence-corrected chi connectivity index (χ0v) is 11.8. The Morgan fingerprint density at radius 2 is 2.35 bits per heavy atom. The first-order chi connectivity index (χ1) is 8.22. The Hall–Kier alpha value is -0.450. The molecule has 0 amide bonds. The van der Waals surface area contributed by atoms with Gasteiger partial charge < -0.3 is 5.32 Å². The second-order valence-corrected chi connectivity index (χ2v) is 5.93. The molecule has 1 aliphatic heterocycles. The van der Waals surface area contributed by atoms with Crippen molar-refractivity contribution in [1.29, 1.82) is 0 Å². The first-order valence-electron chi connectivity index (χ1n) is 6.58. The number of hydrogen-bond donors (Lipinski definition) is 1. The summed E-state index contributed by atoms with van der Waals surface area (Å²) >= 11 is 1.76. The zero-order chi connectivity index (χ0) is 12.3. The van der Waals surface area contributed by atoms with Crippen LogP contribution in [0.15, 0.2) is 11.6 Å². The van der Waals surface area contributed by atoms with Gasteiger partial charge in [-0.3, -0.25) is 4.90 Å². The predicted molar refractivity (Wildman–Crippen MR) is 73.2 cm³/mol. The summed E-state index contributed by atoms with van der Waals surface area (Å²) < 4.78 is 0. The lowest BCUT2D eigenvalue weighted by atomic mass is 9.87. The SMILES string of the molecule is CCNC1CCN(Cc2nccs2)C(C)C1C. The van der Waals surface area contributed by atoms with Crippen LogP contribution in [0.5, 0.6) is 0 Å². The molecule has 4 heteroatoms. The molecule has 1 fully saturated rings. The molecule has 0 spiro atoms. The van der Waals surface area contributed by atoms with Crippen LogP contribution in [0.25, 0.3) is 0 Å². The first kappa shape index (κ1) is 13.0. The van der Waals surface area contributed by atoms with Crippen LogP contribution in [0.2, 0.25) is 0 Å². The van der Waals surface area contributed by atoms with Gasteiger partial charge >= 0.3 is 0 Å². The summed E-state index contributed by atoms with van der Waals surface area (Å²) in [4.78, 5) is 6.95. The molecule has 0 saturated carbocycles. The maximum absolute atomic E-state index is 4.39. The maximum atomic E-state index is 4.39. The Balaban J connectivity index is 1.93. The Morgan fingerprint density at radius 1 is 1.53 bits per heavy atom. The highest BCUT2D eigenvalue weighted by atomic mass is 32.1. The van der Waals surface area contributed by atoms with E-state index in [0.717, 1.165) is 13.1 Å². The fraction of sp³-hybridized carbons (Fsp3) is 0.769. The van der Waals surface area contributed by atoms with E-state index in [2.05, 4.69) is 41.4 Å². The number of piperidine rings is 1. The van der Waals surface area contributed by atoms with E-state index < -0.39 is 0 Å². The van der Waals surface area contributed by atoms with Crippen molar-refractivity contribution >= 4 is 11.3 Å². The molecule has 2 rings (SSSR count). The molecule has 1 aromatic heterocycles. The zero-order valence-electron chi connectivity index (χ0n) is 11.0. The Kier molecular flexibility index (Phi) is 4.54. The van der Waals surface area contributed by atoms with E-state index in [1.165, 1.54) is 18.0 Å². The number of nitrogens with one attached hydrogen (secondary N) is 1. The van der Waals surface area contributed by atoms with Gasteiger partial charge in [-0.05, 0) is 25.8 Å². The molecule has 0 radical (unpaired) electrons. The molecule has 17 heavy (non-hydrogen) atoms. The third-order valence-electron chi connectivity index (χ3n) is 3.99. The van der Waals surface area contributed by atoms with Crippen molar-refractivity contribution in [2.75, 3.05) is 13.1 Å². The van der Waals surface area contributed by atoms with Crippen LogP contribution in [-0.2, 0) is 6.54 Å². The van der Waals surface area contributed by atoms with Crippen LogP contribution in [0.3, 0.4) is 0 Å². The molecule has 2 heterocycles. The van der Waals surface area contributed by atoms with Gasteiger partial charge in [0.1, 0.15) is 5.01 Å². The van der Waals surface area contributed by atoms with E-state index in [1.807, 2.05) is 6.20 Å². The minimum atomic E-state index is 0.636. The molecular weight excluding hydrogens is 230 g/mol. The lowest BCUT2D eigenvalue weighted by molar-refractivity contribution is 0.0790. The average molecular weight is 253 g/mol. The molecule has 1 N–H and O–H groups in total. The normalized spacial score (nSPS) is 30.6. The van der Waals surface area contributed by atoms with Gasteiger partial charge in [0.15, 0.2) is 0 Å². The highest BCUT2D eigenvalue weighted by molar-refractivity contribution is 7.09. The van der Waals surface area contributed by atoms with Crippen LogP contribution in [0, 0.1) is 5.92 Å². The van der Waals surface area contributed by atoms with Gasteiger partial charge in [0.2, 0.25) is 0 Å². The molecule has 3 unspecified atom stereocenters. The van der Waals surface area contributed by atoms with E-state index in [1.54, 1.807) is 11.3 Å². The number of aromatic nitrogens is 1. The predicted octanol–water partition coefficient (Wildman–Crippen LogP) is 2.35. The van der Waals surface area contributed by atoms with Crippen molar-refractivity contribution in [2.24, 2.45) is 5.92 Å². The van der Waals surface area contributed by atoms with Crippen LogP contribution >= 0.6 is 11.3 Å². The second kappa shape index (κ2) is 5.94.